The van der Waals surface area contributed by atoms with E-state index in [1.165, 1.54) is 61.7 Å². The quantitative estimate of drug-likeness (QED) is 0.198. The molecule has 4 aromatic rings. The fourth-order valence-corrected chi connectivity index (χ4v) is 4.50. The Hall–Kier alpha value is -3.20. The fraction of sp³-hybridized carbons (Fsp3) is 0.120. The van der Waals surface area contributed by atoms with E-state index in [1.807, 2.05) is 0 Å². The number of benzene rings is 3. The van der Waals surface area contributed by atoms with Crippen LogP contribution in [-0.2, 0) is 17.5 Å². The molecule has 0 aliphatic rings. The lowest BCUT2D eigenvalue weighted by atomic mass is 10.0. The van der Waals surface area contributed by atoms with Crippen molar-refractivity contribution in [1.29, 1.82) is 0 Å². The summed E-state index contributed by atoms with van der Waals surface area (Å²) in [5.41, 5.74) is -1.54. The van der Waals surface area contributed by atoms with Crippen LogP contribution < -0.4 is 10.1 Å². The van der Waals surface area contributed by atoms with Gasteiger partial charge in [0.05, 0.1) is 12.7 Å². The van der Waals surface area contributed by atoms with Gasteiger partial charge in [-0.3, -0.25) is 9.59 Å². The van der Waals surface area contributed by atoms with Crippen molar-refractivity contribution in [3.8, 4) is 5.75 Å². The number of carbonyl (C=O) groups is 2. The molecule has 0 radical (unpaired) electrons. The van der Waals surface area contributed by atoms with Crippen molar-refractivity contribution >= 4 is 63.1 Å². The van der Waals surface area contributed by atoms with Gasteiger partial charge in [-0.15, -0.1) is 0 Å². The average Bonchev–Trinajstić information content (AvgIpc) is 3.14. The van der Waals surface area contributed by atoms with Crippen LogP contribution >= 0.6 is 34.8 Å². The highest BCUT2D eigenvalue weighted by Crippen LogP contribution is 2.40. The minimum Gasteiger partial charge on any atom is -0.497 e. The lowest BCUT2D eigenvalue weighted by Crippen LogP contribution is -2.26. The Labute approximate surface area is 218 Å². The van der Waals surface area contributed by atoms with E-state index in [-0.39, 0.29) is 38.9 Å². The van der Waals surface area contributed by atoms with E-state index in [0.29, 0.717) is 10.6 Å². The van der Waals surface area contributed by atoms with Gasteiger partial charge in [0, 0.05) is 38.2 Å². The Morgan fingerprint density at radius 2 is 1.69 bits per heavy atom. The third kappa shape index (κ3) is 5.16. The summed E-state index contributed by atoms with van der Waals surface area (Å²) in [6.07, 6.45) is -4.99. The number of amides is 1. The van der Waals surface area contributed by atoms with Crippen LogP contribution in [0.2, 0.25) is 15.1 Å². The van der Waals surface area contributed by atoms with Crippen molar-refractivity contribution in [2.24, 2.45) is 0 Å². The van der Waals surface area contributed by atoms with Gasteiger partial charge in [0.15, 0.2) is 0 Å². The van der Waals surface area contributed by atoms with Gasteiger partial charge < -0.3 is 14.6 Å². The van der Waals surface area contributed by atoms with Crippen molar-refractivity contribution in [3.63, 3.8) is 0 Å². The molecule has 0 aliphatic heterocycles. The van der Waals surface area contributed by atoms with E-state index in [2.05, 4.69) is 5.32 Å². The number of hydrogen-bond acceptors (Lipinski definition) is 3. The van der Waals surface area contributed by atoms with Crippen LogP contribution in [0.1, 0.15) is 21.6 Å². The first-order valence-electron chi connectivity index (χ1n) is 10.3. The molecule has 11 heteroatoms. The highest BCUT2D eigenvalue weighted by Gasteiger charge is 2.42. The molecular weight excluding hydrogens is 540 g/mol. The van der Waals surface area contributed by atoms with Crippen molar-refractivity contribution in [3.05, 3.63) is 92.6 Å². The van der Waals surface area contributed by atoms with E-state index in [1.54, 1.807) is 6.07 Å². The number of rotatable bonds is 6. The minimum absolute atomic E-state index is 0.0630. The van der Waals surface area contributed by atoms with Crippen LogP contribution in [0, 0.1) is 0 Å². The Bertz CT molecular complexity index is 1500. The second-order valence-electron chi connectivity index (χ2n) is 7.72. The van der Waals surface area contributed by atoms with Gasteiger partial charge in [0.2, 0.25) is 0 Å². The number of methoxy groups -OCH3 is 1. The van der Waals surface area contributed by atoms with Gasteiger partial charge in [0.25, 0.3) is 11.7 Å². The molecule has 1 aromatic heterocycles. The smallest absolute Gasteiger partial charge is 0.432 e. The van der Waals surface area contributed by atoms with Crippen LogP contribution in [0.3, 0.4) is 0 Å². The Balaban J connectivity index is 1.91. The summed E-state index contributed by atoms with van der Waals surface area (Å²) >= 11 is 18.1. The molecule has 1 amide bonds. The average molecular weight is 556 g/mol. The molecule has 36 heavy (non-hydrogen) atoms. The van der Waals surface area contributed by atoms with Gasteiger partial charge in [0.1, 0.15) is 11.4 Å². The first-order valence-corrected chi connectivity index (χ1v) is 11.5. The summed E-state index contributed by atoms with van der Waals surface area (Å²) in [4.78, 5) is 26.1. The minimum atomic E-state index is -4.99. The summed E-state index contributed by atoms with van der Waals surface area (Å²) in [7, 11) is 1.34. The number of Topliss-reactive ketones (excluding diaryl/α,β-unsaturated/α-hetero) is 1. The number of ketones is 1. The standard InChI is InChI=1S/C25H16Cl3F3N2O3/c1-36-17-7-8-20-18(11-17)21(22(34)24(35)32-16-4-2-3-14(26)9-16)23(25(29,30)31)33(20)12-13-5-6-15(27)10-19(13)28/h2-11H,12H2,1H3,(H,32,35). The normalized spacial score (nSPS) is 11.5. The van der Waals surface area contributed by atoms with Crippen LogP contribution in [-0.4, -0.2) is 23.4 Å². The molecule has 0 unspecified atom stereocenters. The summed E-state index contributed by atoms with van der Waals surface area (Å²) < 4.78 is 49.5. The van der Waals surface area contributed by atoms with Crippen molar-refractivity contribution in [1.82, 2.24) is 4.57 Å². The maximum atomic E-state index is 14.5. The number of nitrogens with one attached hydrogen (secondary N) is 1. The van der Waals surface area contributed by atoms with Crippen molar-refractivity contribution in [2.45, 2.75) is 12.7 Å². The Morgan fingerprint density at radius 3 is 2.33 bits per heavy atom. The molecule has 0 fully saturated rings. The monoisotopic (exact) mass is 554 g/mol. The zero-order valence-electron chi connectivity index (χ0n) is 18.4. The first kappa shape index (κ1) is 25.9. The molecule has 0 saturated carbocycles. The number of halogens is 6. The predicted molar refractivity (Wildman–Crippen MR) is 133 cm³/mol. The second-order valence-corrected chi connectivity index (χ2v) is 9.00. The summed E-state index contributed by atoms with van der Waals surface area (Å²) in [5, 5.41) is 2.95. The van der Waals surface area contributed by atoms with Gasteiger partial charge in [-0.25, -0.2) is 0 Å². The van der Waals surface area contributed by atoms with Crippen molar-refractivity contribution < 1.29 is 27.5 Å². The van der Waals surface area contributed by atoms with E-state index >= 15 is 0 Å². The molecule has 1 heterocycles. The van der Waals surface area contributed by atoms with Crippen LogP contribution in [0.5, 0.6) is 5.75 Å². The lowest BCUT2D eigenvalue weighted by Gasteiger charge is -2.15. The topological polar surface area (TPSA) is 60.3 Å². The van der Waals surface area contributed by atoms with Crippen LogP contribution in [0.15, 0.2) is 60.7 Å². The fourth-order valence-electron chi connectivity index (χ4n) is 3.84. The molecular formula is C25H16Cl3F3N2O3. The molecule has 0 saturated heterocycles. The number of carbonyl (C=O) groups excluding carboxylic acids is 2. The zero-order chi connectivity index (χ0) is 26.2. The van der Waals surface area contributed by atoms with Gasteiger partial charge in [-0.2, -0.15) is 13.2 Å². The number of fused-ring (bicyclic) bond motifs is 1. The zero-order valence-corrected chi connectivity index (χ0v) is 20.7. The highest BCUT2D eigenvalue weighted by molar-refractivity contribution is 6.49. The molecule has 1 N–H and O–H groups in total. The lowest BCUT2D eigenvalue weighted by molar-refractivity contribution is -0.143. The molecule has 186 valence electrons. The largest absolute Gasteiger partial charge is 0.497 e. The van der Waals surface area contributed by atoms with Gasteiger partial charge in [-0.1, -0.05) is 46.9 Å². The van der Waals surface area contributed by atoms with Gasteiger partial charge in [-0.05, 0) is 54.1 Å². The second kappa shape index (κ2) is 10.0. The number of aromatic nitrogens is 1. The number of hydrogen-bond donors (Lipinski definition) is 1. The third-order valence-corrected chi connectivity index (χ3v) is 6.22. The maximum absolute atomic E-state index is 14.5. The number of anilines is 1. The van der Waals surface area contributed by atoms with E-state index in [0.717, 1.165) is 4.57 Å². The van der Waals surface area contributed by atoms with E-state index in [4.69, 9.17) is 39.5 Å². The first-order chi connectivity index (χ1) is 17.0. The third-order valence-electron chi connectivity index (χ3n) is 5.40. The summed E-state index contributed by atoms with van der Waals surface area (Å²) in [6.45, 7) is -0.336. The summed E-state index contributed by atoms with van der Waals surface area (Å²) in [6, 6.07) is 14.4. The number of ether oxygens (including phenoxy) is 1. The van der Waals surface area contributed by atoms with Crippen LogP contribution in [0.4, 0.5) is 18.9 Å². The SMILES string of the molecule is COc1ccc2c(c1)c(C(=O)C(=O)Nc1cccc(Cl)c1)c(C(F)(F)F)n2Cc1ccc(Cl)cc1Cl. The van der Waals surface area contributed by atoms with Crippen LogP contribution in [0.25, 0.3) is 10.9 Å². The maximum Gasteiger partial charge on any atom is 0.432 e. The number of nitrogens with zero attached hydrogens (tertiary/aromatic N) is 1. The van der Waals surface area contributed by atoms with Crippen molar-refractivity contribution in [2.75, 3.05) is 12.4 Å². The van der Waals surface area contributed by atoms with E-state index < -0.39 is 29.1 Å². The van der Waals surface area contributed by atoms with Gasteiger partial charge >= 0.3 is 6.18 Å². The summed E-state index contributed by atoms with van der Waals surface area (Å²) in [5.74, 6) is -2.42. The number of alkyl halides is 3. The Kier molecular flexibility index (Phi) is 7.22. The van der Waals surface area contributed by atoms with E-state index in [9.17, 15) is 22.8 Å². The molecule has 3 aromatic carbocycles. The molecule has 4 rings (SSSR count). The Morgan fingerprint density at radius 1 is 0.972 bits per heavy atom. The molecule has 0 bridgehead atoms. The predicted octanol–water partition coefficient (Wildman–Crippen LogP) is 7.50. The highest BCUT2D eigenvalue weighted by atomic mass is 35.5. The molecule has 0 aliphatic carbocycles. The molecule has 5 nitrogen and oxygen atoms in total. The molecule has 0 spiro atoms. The molecule has 0 atom stereocenters.